The Hall–Kier alpha value is -0.420. The smallest absolute Gasteiger partial charge is 0.120 e. The zero-order valence-electron chi connectivity index (χ0n) is 14.4. The molecule has 2 aliphatic heterocycles. The van der Waals surface area contributed by atoms with Gasteiger partial charge in [-0.2, -0.15) is 0 Å². The molecule has 2 aliphatic carbocycles. The van der Waals surface area contributed by atoms with Crippen LogP contribution in [0.15, 0.2) is 12.2 Å². The lowest BCUT2D eigenvalue weighted by Crippen LogP contribution is -2.43. The average Bonchev–Trinajstić information content (AvgIpc) is 3.30. The van der Waals surface area contributed by atoms with Gasteiger partial charge in [-0.1, -0.05) is 12.2 Å². The Labute approximate surface area is 138 Å². The molecular weight excluding hydrogens is 292 g/mol. The lowest BCUT2D eigenvalue weighted by Gasteiger charge is -2.32. The minimum atomic E-state index is -0.725. The number of aliphatic hydroxyl groups excluding tert-OH is 1. The highest BCUT2D eigenvalue weighted by molar-refractivity contribution is 5.22. The number of allylic oxidation sites excluding steroid dienone is 1. The number of epoxide rings is 2. The van der Waals surface area contributed by atoms with E-state index in [9.17, 15) is 10.2 Å². The van der Waals surface area contributed by atoms with Gasteiger partial charge >= 0.3 is 0 Å². The summed E-state index contributed by atoms with van der Waals surface area (Å²) < 4.78 is 12.2. The summed E-state index contributed by atoms with van der Waals surface area (Å²) >= 11 is 0. The van der Waals surface area contributed by atoms with Gasteiger partial charge in [-0.25, -0.2) is 0 Å². The van der Waals surface area contributed by atoms with E-state index in [2.05, 4.69) is 6.58 Å². The van der Waals surface area contributed by atoms with Crippen molar-refractivity contribution in [3.8, 4) is 0 Å². The predicted octanol–water partition coefficient (Wildman–Crippen LogP) is 2.57. The van der Waals surface area contributed by atoms with Gasteiger partial charge in [0.1, 0.15) is 11.2 Å². The summed E-state index contributed by atoms with van der Waals surface area (Å²) in [5, 5.41) is 20.5. The van der Waals surface area contributed by atoms with E-state index in [1.54, 1.807) is 0 Å². The molecule has 0 aromatic heterocycles. The van der Waals surface area contributed by atoms with Crippen molar-refractivity contribution in [2.45, 2.75) is 87.8 Å². The second kappa shape index (κ2) is 5.04. The van der Waals surface area contributed by atoms with Gasteiger partial charge < -0.3 is 19.7 Å². The first-order chi connectivity index (χ1) is 10.8. The third-order valence-electron chi connectivity index (χ3n) is 6.94. The van der Waals surface area contributed by atoms with E-state index in [4.69, 9.17) is 9.47 Å². The van der Waals surface area contributed by atoms with Gasteiger partial charge in [0.2, 0.25) is 0 Å². The summed E-state index contributed by atoms with van der Waals surface area (Å²) in [5.41, 5.74) is -0.0533. The highest BCUT2D eigenvalue weighted by atomic mass is 16.6. The minimum absolute atomic E-state index is 0.0674. The second-order valence-corrected chi connectivity index (χ2v) is 8.80. The van der Waals surface area contributed by atoms with Gasteiger partial charge in [-0.3, -0.25) is 0 Å². The van der Waals surface area contributed by atoms with Crippen LogP contribution in [0.25, 0.3) is 0 Å². The highest BCUT2D eigenvalue weighted by Crippen LogP contribution is 2.64. The lowest BCUT2D eigenvalue weighted by molar-refractivity contribution is -0.0168. The Kier molecular flexibility index (Phi) is 3.52. The Bertz CT molecular complexity index is 510. The lowest BCUT2D eigenvalue weighted by atomic mass is 9.74. The van der Waals surface area contributed by atoms with Gasteiger partial charge in [-0.05, 0) is 58.3 Å². The van der Waals surface area contributed by atoms with Crippen LogP contribution in [0.1, 0.15) is 58.8 Å². The maximum absolute atomic E-state index is 10.7. The van der Waals surface area contributed by atoms with E-state index in [1.807, 2.05) is 13.8 Å². The minimum Gasteiger partial charge on any atom is -0.393 e. The SMILES string of the molecule is C=C1CC[C@@H]2CC[C@@H](C(C)(C)O)[C@]23O[C@@H]3C[C@@]2(CO)O[C@H]2CC1. The molecule has 0 radical (unpaired) electrons. The van der Waals surface area contributed by atoms with Crippen LogP contribution in [0.5, 0.6) is 0 Å². The van der Waals surface area contributed by atoms with Crippen molar-refractivity contribution < 1.29 is 19.7 Å². The predicted molar refractivity (Wildman–Crippen MR) is 87.0 cm³/mol. The maximum Gasteiger partial charge on any atom is 0.120 e. The van der Waals surface area contributed by atoms with Crippen LogP contribution in [0.3, 0.4) is 0 Å². The van der Waals surface area contributed by atoms with Crippen molar-refractivity contribution in [1.29, 1.82) is 0 Å². The third-order valence-corrected chi connectivity index (χ3v) is 6.94. The summed E-state index contributed by atoms with van der Waals surface area (Å²) in [6, 6.07) is 0. The molecule has 4 heteroatoms. The molecule has 2 saturated heterocycles. The van der Waals surface area contributed by atoms with Gasteiger partial charge in [0.15, 0.2) is 0 Å². The van der Waals surface area contributed by atoms with Crippen molar-refractivity contribution in [3.63, 3.8) is 0 Å². The van der Waals surface area contributed by atoms with E-state index < -0.39 is 11.2 Å². The van der Waals surface area contributed by atoms with Gasteiger partial charge in [0.05, 0.1) is 24.4 Å². The monoisotopic (exact) mass is 322 g/mol. The second-order valence-electron chi connectivity index (χ2n) is 8.80. The van der Waals surface area contributed by atoms with Crippen molar-refractivity contribution in [3.05, 3.63) is 12.2 Å². The molecule has 4 fully saturated rings. The number of aliphatic hydroxyl groups is 2. The topological polar surface area (TPSA) is 65.5 Å². The fraction of sp³-hybridized carbons (Fsp3) is 0.895. The molecule has 0 amide bonds. The molecule has 6 atom stereocenters. The standard InChI is InChI=1S/C19H30O4/c1-12-4-6-13-7-8-14(17(2,3)21)19(13)16(23-19)10-18(11-20)15(22-18)9-5-12/h13-16,20-21H,1,4-11H2,2-3H3/t13-,14+,15+,16-,18+,19-/m1/s1. The molecule has 2 N–H and O–H groups in total. The van der Waals surface area contributed by atoms with Crippen LogP contribution in [-0.4, -0.2) is 45.8 Å². The summed E-state index contributed by atoms with van der Waals surface area (Å²) in [4.78, 5) is 0. The quantitative estimate of drug-likeness (QED) is 0.606. The number of ether oxygens (including phenoxy) is 2. The molecule has 0 aromatic rings. The van der Waals surface area contributed by atoms with Crippen LogP contribution >= 0.6 is 0 Å². The molecule has 0 aromatic carbocycles. The first-order valence-electron chi connectivity index (χ1n) is 9.17. The van der Waals surface area contributed by atoms with Gasteiger partial charge in [-0.15, -0.1) is 0 Å². The molecule has 0 bridgehead atoms. The van der Waals surface area contributed by atoms with E-state index in [0.717, 1.165) is 44.9 Å². The zero-order valence-corrected chi connectivity index (χ0v) is 14.4. The Morgan fingerprint density at radius 1 is 1.13 bits per heavy atom. The number of hydrogen-bond donors (Lipinski definition) is 2. The van der Waals surface area contributed by atoms with Crippen molar-refractivity contribution >= 4 is 0 Å². The van der Waals surface area contributed by atoms with Crippen LogP contribution < -0.4 is 0 Å². The summed E-state index contributed by atoms with van der Waals surface area (Å²) in [6.07, 6.45) is 7.27. The normalized spacial score (nSPS) is 49.7. The molecule has 4 nitrogen and oxygen atoms in total. The molecule has 2 heterocycles. The maximum atomic E-state index is 10.7. The van der Waals surface area contributed by atoms with Crippen LogP contribution in [0, 0.1) is 11.8 Å². The molecule has 130 valence electrons. The van der Waals surface area contributed by atoms with Gasteiger partial charge in [0.25, 0.3) is 0 Å². The molecule has 23 heavy (non-hydrogen) atoms. The molecular formula is C19H30O4. The first kappa shape index (κ1) is 16.1. The van der Waals surface area contributed by atoms with Crippen LogP contribution in [-0.2, 0) is 9.47 Å². The molecule has 4 rings (SSSR count). The molecule has 4 aliphatic rings. The Morgan fingerprint density at radius 2 is 1.87 bits per heavy atom. The van der Waals surface area contributed by atoms with E-state index >= 15 is 0 Å². The van der Waals surface area contributed by atoms with Gasteiger partial charge in [0, 0.05) is 12.3 Å². The van der Waals surface area contributed by atoms with Crippen molar-refractivity contribution in [1.82, 2.24) is 0 Å². The van der Waals surface area contributed by atoms with E-state index in [1.165, 1.54) is 5.57 Å². The first-order valence-corrected chi connectivity index (χ1v) is 9.17. The summed E-state index contributed by atoms with van der Waals surface area (Å²) in [7, 11) is 0. The van der Waals surface area contributed by atoms with E-state index in [0.29, 0.717) is 5.92 Å². The molecule has 2 saturated carbocycles. The molecule has 0 unspecified atom stereocenters. The summed E-state index contributed by atoms with van der Waals surface area (Å²) in [6.45, 7) is 8.12. The van der Waals surface area contributed by atoms with E-state index in [-0.39, 0.29) is 30.3 Å². The largest absolute Gasteiger partial charge is 0.393 e. The number of rotatable bonds is 2. The Morgan fingerprint density at radius 3 is 2.57 bits per heavy atom. The van der Waals surface area contributed by atoms with Crippen LogP contribution in [0.4, 0.5) is 0 Å². The third kappa shape index (κ3) is 2.41. The summed E-state index contributed by atoms with van der Waals surface area (Å²) in [5.74, 6) is 0.665. The highest BCUT2D eigenvalue weighted by Gasteiger charge is 2.73. The number of hydrogen-bond acceptors (Lipinski definition) is 4. The fourth-order valence-electron chi connectivity index (χ4n) is 5.56. The average molecular weight is 322 g/mol. The van der Waals surface area contributed by atoms with Crippen molar-refractivity contribution in [2.75, 3.05) is 6.61 Å². The Balaban J connectivity index is 1.62. The fourth-order valence-corrected chi connectivity index (χ4v) is 5.56. The number of fused-ring (bicyclic) bond motifs is 1. The van der Waals surface area contributed by atoms with Crippen LogP contribution in [0.2, 0.25) is 0 Å². The zero-order chi connectivity index (χ0) is 16.5. The van der Waals surface area contributed by atoms with Crippen molar-refractivity contribution in [2.24, 2.45) is 11.8 Å². The molecule has 1 spiro atoms.